The molecule has 0 spiro atoms. The number of rotatable bonds is 5. The van der Waals surface area contributed by atoms with Gasteiger partial charge in [-0.15, -0.1) is 0 Å². The molecule has 102 valence electrons. The van der Waals surface area contributed by atoms with E-state index in [9.17, 15) is 5.11 Å². The largest absolute Gasteiger partial charge is 0.392 e. The minimum Gasteiger partial charge on any atom is -0.392 e. The Morgan fingerprint density at radius 2 is 2.11 bits per heavy atom. The minimum atomic E-state index is -0.206. The first-order valence-electron chi connectivity index (χ1n) is 7.35. The zero-order chi connectivity index (χ0) is 13.0. The SMILES string of the molecule is CCCC1CCC(C(O)Cc2ccn(C)n2)CC1. The van der Waals surface area contributed by atoms with Gasteiger partial charge < -0.3 is 5.11 Å². The Morgan fingerprint density at radius 3 is 2.67 bits per heavy atom. The van der Waals surface area contributed by atoms with Crippen LogP contribution in [0.15, 0.2) is 12.3 Å². The molecule has 1 fully saturated rings. The van der Waals surface area contributed by atoms with Crippen molar-refractivity contribution in [1.82, 2.24) is 9.78 Å². The van der Waals surface area contributed by atoms with Crippen LogP contribution in [0.1, 0.15) is 51.1 Å². The summed E-state index contributed by atoms with van der Waals surface area (Å²) in [6.07, 6.45) is 10.1. The fourth-order valence-corrected chi connectivity index (χ4v) is 3.22. The molecule has 1 aliphatic rings. The predicted molar refractivity (Wildman–Crippen MR) is 73.3 cm³/mol. The van der Waals surface area contributed by atoms with Gasteiger partial charge in [0, 0.05) is 19.7 Å². The molecule has 3 heteroatoms. The number of aryl methyl sites for hydroxylation is 1. The fraction of sp³-hybridized carbons (Fsp3) is 0.800. The molecule has 1 aromatic heterocycles. The lowest BCUT2D eigenvalue weighted by Crippen LogP contribution is -2.27. The molecule has 0 aromatic carbocycles. The number of hydrogen-bond acceptors (Lipinski definition) is 2. The number of hydrogen-bond donors (Lipinski definition) is 1. The summed E-state index contributed by atoms with van der Waals surface area (Å²) in [6, 6.07) is 2.01. The van der Waals surface area contributed by atoms with Crippen molar-refractivity contribution in [2.24, 2.45) is 18.9 Å². The zero-order valence-electron chi connectivity index (χ0n) is 11.7. The van der Waals surface area contributed by atoms with Gasteiger partial charge in [0.2, 0.25) is 0 Å². The smallest absolute Gasteiger partial charge is 0.0650 e. The van der Waals surface area contributed by atoms with Crippen LogP contribution in [0.3, 0.4) is 0 Å². The lowest BCUT2D eigenvalue weighted by atomic mass is 9.77. The summed E-state index contributed by atoms with van der Waals surface area (Å²) in [7, 11) is 1.92. The summed E-state index contributed by atoms with van der Waals surface area (Å²) < 4.78 is 1.81. The lowest BCUT2D eigenvalue weighted by molar-refractivity contribution is 0.0720. The Kier molecular flexibility index (Phi) is 4.81. The van der Waals surface area contributed by atoms with Gasteiger partial charge in [0.1, 0.15) is 0 Å². The third-order valence-corrected chi connectivity index (χ3v) is 4.32. The van der Waals surface area contributed by atoms with E-state index in [1.807, 2.05) is 19.3 Å². The minimum absolute atomic E-state index is 0.206. The van der Waals surface area contributed by atoms with Crippen molar-refractivity contribution in [3.05, 3.63) is 18.0 Å². The molecule has 0 aliphatic heterocycles. The predicted octanol–water partition coefficient (Wildman–Crippen LogP) is 2.93. The summed E-state index contributed by atoms with van der Waals surface area (Å²) in [5.41, 5.74) is 1.01. The molecule has 3 nitrogen and oxygen atoms in total. The van der Waals surface area contributed by atoms with E-state index in [4.69, 9.17) is 0 Å². The molecule has 1 aliphatic carbocycles. The number of aliphatic hydroxyl groups excluding tert-OH is 1. The first-order chi connectivity index (χ1) is 8.69. The summed E-state index contributed by atoms with van der Waals surface area (Å²) in [5.74, 6) is 1.40. The maximum atomic E-state index is 10.3. The van der Waals surface area contributed by atoms with Gasteiger partial charge >= 0.3 is 0 Å². The molecule has 0 radical (unpaired) electrons. The van der Waals surface area contributed by atoms with Gasteiger partial charge in [-0.25, -0.2) is 0 Å². The van der Waals surface area contributed by atoms with E-state index in [-0.39, 0.29) is 6.10 Å². The van der Waals surface area contributed by atoms with Gasteiger partial charge in [-0.05, 0) is 30.7 Å². The van der Waals surface area contributed by atoms with Crippen LogP contribution < -0.4 is 0 Å². The summed E-state index contributed by atoms with van der Waals surface area (Å²) in [4.78, 5) is 0. The highest BCUT2D eigenvalue weighted by Crippen LogP contribution is 2.33. The van der Waals surface area contributed by atoms with E-state index in [1.165, 1.54) is 38.5 Å². The maximum Gasteiger partial charge on any atom is 0.0650 e. The van der Waals surface area contributed by atoms with Gasteiger partial charge in [0.05, 0.1) is 11.8 Å². The maximum absolute atomic E-state index is 10.3. The summed E-state index contributed by atoms with van der Waals surface area (Å²) >= 11 is 0. The van der Waals surface area contributed by atoms with Gasteiger partial charge in [0.25, 0.3) is 0 Å². The quantitative estimate of drug-likeness (QED) is 0.872. The van der Waals surface area contributed by atoms with E-state index in [0.717, 1.165) is 11.6 Å². The second kappa shape index (κ2) is 6.37. The monoisotopic (exact) mass is 250 g/mol. The van der Waals surface area contributed by atoms with Crippen molar-refractivity contribution in [2.45, 2.75) is 58.0 Å². The number of nitrogens with zero attached hydrogens (tertiary/aromatic N) is 2. The standard InChI is InChI=1S/C15H26N2O/c1-3-4-12-5-7-13(8-6-12)15(18)11-14-9-10-17(2)16-14/h9-10,12-13,15,18H,3-8,11H2,1-2H3. The molecule has 2 rings (SSSR count). The second-order valence-electron chi connectivity index (χ2n) is 5.82. The Hall–Kier alpha value is -0.830. The summed E-state index contributed by atoms with van der Waals surface area (Å²) in [6.45, 7) is 2.27. The highest BCUT2D eigenvalue weighted by atomic mass is 16.3. The average molecular weight is 250 g/mol. The molecule has 1 heterocycles. The van der Waals surface area contributed by atoms with Crippen LogP contribution in [0.4, 0.5) is 0 Å². The Bertz CT molecular complexity index is 353. The highest BCUT2D eigenvalue weighted by molar-refractivity contribution is 5.01. The van der Waals surface area contributed by atoms with Gasteiger partial charge in [0.15, 0.2) is 0 Å². The van der Waals surface area contributed by atoms with Gasteiger partial charge in [-0.1, -0.05) is 32.6 Å². The van der Waals surface area contributed by atoms with E-state index in [1.54, 1.807) is 4.68 Å². The van der Waals surface area contributed by atoms with Crippen molar-refractivity contribution < 1.29 is 5.11 Å². The average Bonchev–Trinajstić information content (AvgIpc) is 2.76. The highest BCUT2D eigenvalue weighted by Gasteiger charge is 2.26. The topological polar surface area (TPSA) is 38.0 Å². The molecular formula is C15H26N2O. The second-order valence-corrected chi connectivity index (χ2v) is 5.82. The van der Waals surface area contributed by atoms with Crippen molar-refractivity contribution in [1.29, 1.82) is 0 Å². The molecule has 1 atom stereocenters. The molecule has 1 saturated carbocycles. The third-order valence-electron chi connectivity index (χ3n) is 4.32. The first kappa shape index (κ1) is 13.6. The van der Waals surface area contributed by atoms with Crippen LogP contribution in [0, 0.1) is 11.8 Å². The summed E-state index contributed by atoms with van der Waals surface area (Å²) in [5, 5.41) is 14.7. The van der Waals surface area contributed by atoms with E-state index < -0.39 is 0 Å². The van der Waals surface area contributed by atoms with Crippen LogP contribution >= 0.6 is 0 Å². The van der Waals surface area contributed by atoms with E-state index in [2.05, 4.69) is 12.0 Å². The third kappa shape index (κ3) is 3.58. The van der Waals surface area contributed by atoms with Crippen molar-refractivity contribution in [3.8, 4) is 0 Å². The molecule has 0 amide bonds. The van der Waals surface area contributed by atoms with Crippen LogP contribution in [0.25, 0.3) is 0 Å². The van der Waals surface area contributed by atoms with Crippen molar-refractivity contribution >= 4 is 0 Å². The number of aromatic nitrogens is 2. The first-order valence-corrected chi connectivity index (χ1v) is 7.35. The Labute approximate surface area is 110 Å². The molecule has 18 heavy (non-hydrogen) atoms. The zero-order valence-corrected chi connectivity index (χ0v) is 11.7. The Balaban J connectivity index is 1.78. The molecule has 1 N–H and O–H groups in total. The molecule has 1 aromatic rings. The number of aliphatic hydroxyl groups is 1. The van der Waals surface area contributed by atoms with Crippen LogP contribution in [0.2, 0.25) is 0 Å². The lowest BCUT2D eigenvalue weighted by Gasteiger charge is -2.31. The molecule has 0 saturated heterocycles. The van der Waals surface area contributed by atoms with Crippen molar-refractivity contribution in [2.75, 3.05) is 0 Å². The van der Waals surface area contributed by atoms with Crippen LogP contribution in [-0.4, -0.2) is 21.0 Å². The van der Waals surface area contributed by atoms with Crippen LogP contribution in [0.5, 0.6) is 0 Å². The Morgan fingerprint density at radius 1 is 1.39 bits per heavy atom. The van der Waals surface area contributed by atoms with Crippen molar-refractivity contribution in [3.63, 3.8) is 0 Å². The normalized spacial score (nSPS) is 26.2. The molecule has 0 bridgehead atoms. The fourth-order valence-electron chi connectivity index (χ4n) is 3.22. The van der Waals surface area contributed by atoms with E-state index >= 15 is 0 Å². The van der Waals surface area contributed by atoms with Gasteiger partial charge in [-0.3, -0.25) is 4.68 Å². The van der Waals surface area contributed by atoms with Crippen LogP contribution in [-0.2, 0) is 13.5 Å². The molecular weight excluding hydrogens is 224 g/mol. The van der Waals surface area contributed by atoms with Gasteiger partial charge in [-0.2, -0.15) is 5.10 Å². The molecule has 1 unspecified atom stereocenters. The van der Waals surface area contributed by atoms with E-state index in [0.29, 0.717) is 12.3 Å².